The molecule has 0 aromatic heterocycles. The summed E-state index contributed by atoms with van der Waals surface area (Å²) in [4.78, 5) is 0. The molecule has 0 heterocycles. The van der Waals surface area contributed by atoms with E-state index in [4.69, 9.17) is 0 Å². The fraction of sp³-hybridized carbons (Fsp3) is 1.00. The van der Waals surface area contributed by atoms with Crippen molar-refractivity contribution in [3.8, 4) is 0 Å². The summed E-state index contributed by atoms with van der Waals surface area (Å²) in [7, 11) is 2.14. The highest BCUT2D eigenvalue weighted by Gasteiger charge is 2.39. The Morgan fingerprint density at radius 1 is 1.25 bits per heavy atom. The summed E-state index contributed by atoms with van der Waals surface area (Å²) in [6.07, 6.45) is 7.58. The quantitative estimate of drug-likeness (QED) is 0.763. The van der Waals surface area contributed by atoms with Gasteiger partial charge in [-0.2, -0.15) is 11.8 Å². The van der Waals surface area contributed by atoms with E-state index in [1.54, 1.807) is 6.42 Å². The Morgan fingerprint density at radius 3 is 2.56 bits per heavy atom. The van der Waals surface area contributed by atoms with Gasteiger partial charge in [-0.1, -0.05) is 20.3 Å². The monoisotopic (exact) mass is 241 g/mol. The molecule has 2 aliphatic carbocycles. The lowest BCUT2D eigenvalue weighted by Gasteiger charge is -2.26. The van der Waals surface area contributed by atoms with Crippen LogP contribution in [0.25, 0.3) is 0 Å². The Hall–Kier alpha value is 0.310. The van der Waals surface area contributed by atoms with Crippen molar-refractivity contribution in [2.75, 3.05) is 12.8 Å². The van der Waals surface area contributed by atoms with Gasteiger partial charge in [0, 0.05) is 11.8 Å². The molecule has 0 spiro atoms. The van der Waals surface area contributed by atoms with Crippen LogP contribution in [0.4, 0.5) is 0 Å². The summed E-state index contributed by atoms with van der Waals surface area (Å²) in [5.41, 5.74) is 0. The molecule has 0 aromatic rings. The van der Waals surface area contributed by atoms with Gasteiger partial charge >= 0.3 is 0 Å². The highest BCUT2D eigenvalue weighted by molar-refractivity contribution is 7.99. The van der Waals surface area contributed by atoms with E-state index in [1.165, 1.54) is 31.4 Å². The van der Waals surface area contributed by atoms with Crippen LogP contribution in [0, 0.1) is 17.8 Å². The van der Waals surface area contributed by atoms with Crippen LogP contribution in [-0.2, 0) is 0 Å². The zero-order valence-electron chi connectivity index (χ0n) is 11.0. The molecule has 0 aromatic carbocycles. The van der Waals surface area contributed by atoms with Gasteiger partial charge in [0.05, 0.1) is 0 Å². The maximum atomic E-state index is 3.52. The van der Waals surface area contributed by atoms with Crippen LogP contribution in [0.15, 0.2) is 0 Å². The third-order valence-electron chi connectivity index (χ3n) is 4.51. The molecule has 2 saturated carbocycles. The molecule has 0 amide bonds. The van der Waals surface area contributed by atoms with Gasteiger partial charge < -0.3 is 5.32 Å². The van der Waals surface area contributed by atoms with Crippen molar-refractivity contribution in [1.29, 1.82) is 0 Å². The molecule has 2 rings (SSSR count). The van der Waals surface area contributed by atoms with Gasteiger partial charge in [0.1, 0.15) is 0 Å². The van der Waals surface area contributed by atoms with Gasteiger partial charge in [-0.3, -0.25) is 0 Å². The first-order valence-electron chi connectivity index (χ1n) is 6.98. The minimum atomic E-state index is 0.747. The molecule has 16 heavy (non-hydrogen) atoms. The van der Waals surface area contributed by atoms with Crippen LogP contribution >= 0.6 is 11.8 Å². The van der Waals surface area contributed by atoms with Gasteiger partial charge in [0.2, 0.25) is 0 Å². The highest BCUT2D eigenvalue weighted by Crippen LogP contribution is 2.49. The number of rotatable bonds is 6. The minimum Gasteiger partial charge on any atom is -0.316 e. The predicted octanol–water partition coefficient (Wildman–Crippen LogP) is 3.54. The van der Waals surface area contributed by atoms with Gasteiger partial charge in [0.25, 0.3) is 0 Å². The first-order valence-corrected chi connectivity index (χ1v) is 8.02. The number of fused-ring (bicyclic) bond motifs is 2. The van der Waals surface area contributed by atoms with Crippen LogP contribution < -0.4 is 5.32 Å². The molecule has 0 saturated heterocycles. The van der Waals surface area contributed by atoms with E-state index >= 15 is 0 Å². The smallest absolute Gasteiger partial charge is 0.0158 e. The second-order valence-electron chi connectivity index (χ2n) is 6.04. The molecule has 0 aliphatic heterocycles. The van der Waals surface area contributed by atoms with E-state index in [-0.39, 0.29) is 0 Å². The van der Waals surface area contributed by atoms with Crippen LogP contribution in [0.1, 0.15) is 46.0 Å². The number of hydrogen-bond acceptors (Lipinski definition) is 2. The molecule has 94 valence electrons. The molecule has 2 heteroatoms. The molecule has 0 radical (unpaired) electrons. The Labute approximate surface area is 105 Å². The summed E-state index contributed by atoms with van der Waals surface area (Å²) in [5.74, 6) is 4.53. The van der Waals surface area contributed by atoms with E-state index in [2.05, 4.69) is 38.0 Å². The lowest BCUT2D eigenvalue weighted by atomic mass is 9.84. The summed E-state index contributed by atoms with van der Waals surface area (Å²) in [5, 5.41) is 4.30. The van der Waals surface area contributed by atoms with Gasteiger partial charge in [-0.15, -0.1) is 0 Å². The van der Waals surface area contributed by atoms with Crippen LogP contribution in [0.2, 0.25) is 0 Å². The molecule has 2 aliphatic rings. The summed E-state index contributed by atoms with van der Waals surface area (Å²) < 4.78 is 0. The van der Waals surface area contributed by atoms with Crippen molar-refractivity contribution in [1.82, 2.24) is 5.32 Å². The van der Waals surface area contributed by atoms with E-state index in [0.717, 1.165) is 29.0 Å². The van der Waals surface area contributed by atoms with Crippen molar-refractivity contribution in [2.24, 2.45) is 17.8 Å². The molecule has 1 N–H and O–H groups in total. The van der Waals surface area contributed by atoms with Gasteiger partial charge in [-0.25, -0.2) is 0 Å². The molecule has 4 atom stereocenters. The number of nitrogens with one attached hydrogen (secondary N) is 1. The average molecular weight is 241 g/mol. The minimum absolute atomic E-state index is 0.747. The molecule has 4 unspecified atom stereocenters. The first kappa shape index (κ1) is 12.8. The van der Waals surface area contributed by atoms with E-state index < -0.39 is 0 Å². The molecule has 2 bridgehead atoms. The Balaban J connectivity index is 1.74. The van der Waals surface area contributed by atoms with Crippen LogP contribution in [0.5, 0.6) is 0 Å². The standard InChI is InChI=1S/C14H27NS/c1-10(2)16-9-14(15-3)8-13-7-11-4-5-12(13)6-11/h10-15H,4-9H2,1-3H3. The van der Waals surface area contributed by atoms with Crippen LogP contribution in [-0.4, -0.2) is 24.1 Å². The van der Waals surface area contributed by atoms with Crippen molar-refractivity contribution < 1.29 is 0 Å². The second kappa shape index (κ2) is 5.77. The molecule has 2 fully saturated rings. The molecular weight excluding hydrogens is 214 g/mol. The Bertz CT molecular complexity index is 217. The fourth-order valence-electron chi connectivity index (χ4n) is 3.61. The fourth-order valence-corrected chi connectivity index (χ4v) is 4.53. The summed E-state index contributed by atoms with van der Waals surface area (Å²) in [6.45, 7) is 4.60. The third kappa shape index (κ3) is 3.16. The van der Waals surface area contributed by atoms with Crippen molar-refractivity contribution >= 4 is 11.8 Å². The number of thioether (sulfide) groups is 1. The van der Waals surface area contributed by atoms with Gasteiger partial charge in [-0.05, 0) is 55.7 Å². The Kier molecular flexibility index (Phi) is 4.60. The van der Waals surface area contributed by atoms with Crippen molar-refractivity contribution in [2.45, 2.75) is 57.2 Å². The van der Waals surface area contributed by atoms with Crippen molar-refractivity contribution in [3.63, 3.8) is 0 Å². The van der Waals surface area contributed by atoms with Gasteiger partial charge in [0.15, 0.2) is 0 Å². The lowest BCUT2D eigenvalue weighted by Crippen LogP contribution is -2.32. The number of hydrogen-bond donors (Lipinski definition) is 1. The Morgan fingerprint density at radius 2 is 2.06 bits per heavy atom. The molecular formula is C14H27NS. The topological polar surface area (TPSA) is 12.0 Å². The highest BCUT2D eigenvalue weighted by atomic mass is 32.2. The maximum Gasteiger partial charge on any atom is 0.0158 e. The zero-order chi connectivity index (χ0) is 11.5. The van der Waals surface area contributed by atoms with Crippen molar-refractivity contribution in [3.05, 3.63) is 0 Å². The maximum absolute atomic E-state index is 3.52. The van der Waals surface area contributed by atoms with E-state index in [9.17, 15) is 0 Å². The zero-order valence-corrected chi connectivity index (χ0v) is 11.9. The summed E-state index contributed by atoms with van der Waals surface area (Å²) in [6, 6.07) is 0.747. The molecule has 1 nitrogen and oxygen atoms in total. The third-order valence-corrected chi connectivity index (χ3v) is 5.77. The average Bonchev–Trinajstić information content (AvgIpc) is 2.85. The largest absolute Gasteiger partial charge is 0.316 e. The van der Waals surface area contributed by atoms with E-state index in [1.807, 2.05) is 0 Å². The lowest BCUT2D eigenvalue weighted by molar-refractivity contribution is 0.290. The predicted molar refractivity (Wildman–Crippen MR) is 74.0 cm³/mol. The first-order chi connectivity index (χ1) is 7.69. The van der Waals surface area contributed by atoms with Crippen LogP contribution in [0.3, 0.4) is 0 Å². The SMILES string of the molecule is CNC(CSC(C)C)CC1CC2CCC1C2. The van der Waals surface area contributed by atoms with E-state index in [0.29, 0.717) is 0 Å². The normalized spacial score (nSPS) is 34.9. The summed E-state index contributed by atoms with van der Waals surface area (Å²) >= 11 is 2.10. The second-order valence-corrected chi connectivity index (χ2v) is 7.65.